The minimum absolute atomic E-state index is 0.0829. The second kappa shape index (κ2) is 5.41. The molecule has 0 saturated carbocycles. The number of thiocarbonyl (C=S) groups is 1. The van der Waals surface area contributed by atoms with Gasteiger partial charge in [0, 0.05) is 18.1 Å². The van der Waals surface area contributed by atoms with Crippen LogP contribution in [0.2, 0.25) is 0 Å². The second-order valence-electron chi connectivity index (χ2n) is 2.87. The molecule has 15 heavy (non-hydrogen) atoms. The summed E-state index contributed by atoms with van der Waals surface area (Å²) in [5.41, 5.74) is 0.667. The summed E-state index contributed by atoms with van der Waals surface area (Å²) in [6.07, 6.45) is 0.306. The number of benzene rings is 1. The minimum atomic E-state index is -0.413. The highest BCUT2D eigenvalue weighted by Crippen LogP contribution is 2.18. The van der Waals surface area contributed by atoms with Crippen molar-refractivity contribution in [1.29, 1.82) is 0 Å². The Kier molecular flexibility index (Phi) is 4.17. The van der Waals surface area contributed by atoms with Gasteiger partial charge in [0.25, 0.3) is 5.69 Å². The summed E-state index contributed by atoms with van der Waals surface area (Å²) in [4.78, 5) is 10.3. The van der Waals surface area contributed by atoms with Gasteiger partial charge >= 0.3 is 0 Å². The van der Waals surface area contributed by atoms with Crippen LogP contribution in [-0.4, -0.2) is 16.6 Å². The fraction of sp³-hybridized carbons (Fsp3) is 0.300. The molecule has 80 valence electrons. The molecule has 0 aliphatic heterocycles. The molecule has 0 fully saturated rings. The van der Waals surface area contributed by atoms with Gasteiger partial charge in [0.05, 0.1) is 11.5 Å². The maximum atomic E-state index is 10.7. The van der Waals surface area contributed by atoms with E-state index in [4.69, 9.17) is 17.0 Å². The van der Waals surface area contributed by atoms with Crippen LogP contribution in [0.15, 0.2) is 24.3 Å². The Balaban J connectivity index is 2.84. The van der Waals surface area contributed by atoms with Crippen molar-refractivity contribution < 1.29 is 9.66 Å². The zero-order valence-corrected chi connectivity index (χ0v) is 9.12. The van der Waals surface area contributed by atoms with Crippen molar-refractivity contribution in [1.82, 2.24) is 0 Å². The molecular weight excluding hydrogens is 214 g/mol. The molecule has 0 spiro atoms. The average Bonchev–Trinajstić information content (AvgIpc) is 2.18. The molecule has 1 aromatic rings. The first-order chi connectivity index (χ1) is 7.15. The van der Waals surface area contributed by atoms with E-state index in [0.29, 0.717) is 23.6 Å². The number of nitro benzene ring substituents is 1. The van der Waals surface area contributed by atoms with E-state index in [1.807, 2.05) is 6.92 Å². The molecule has 0 saturated heterocycles. The number of nitro groups is 1. The first kappa shape index (κ1) is 11.6. The van der Waals surface area contributed by atoms with Gasteiger partial charge in [-0.2, -0.15) is 0 Å². The van der Waals surface area contributed by atoms with Crippen LogP contribution in [0.1, 0.15) is 12.5 Å². The second-order valence-corrected chi connectivity index (χ2v) is 3.32. The molecule has 0 aliphatic carbocycles. The molecule has 0 bridgehead atoms. The molecule has 0 unspecified atom stereocenters. The van der Waals surface area contributed by atoms with Gasteiger partial charge in [0.15, 0.2) is 5.05 Å². The normalized spacial score (nSPS) is 9.67. The van der Waals surface area contributed by atoms with E-state index in [2.05, 4.69) is 0 Å². The Labute approximate surface area is 93.0 Å². The fourth-order valence-corrected chi connectivity index (χ4v) is 1.48. The summed E-state index contributed by atoms with van der Waals surface area (Å²) in [7, 11) is 0. The smallest absolute Gasteiger partial charge is 0.273 e. The van der Waals surface area contributed by atoms with Crippen molar-refractivity contribution >= 4 is 23.0 Å². The van der Waals surface area contributed by atoms with Crippen molar-refractivity contribution in [3.63, 3.8) is 0 Å². The molecule has 0 radical (unpaired) electrons. The van der Waals surface area contributed by atoms with Gasteiger partial charge in [0.1, 0.15) is 0 Å². The number of para-hydroxylation sites is 1. The molecule has 5 heteroatoms. The largest absolute Gasteiger partial charge is 0.487 e. The zero-order valence-electron chi connectivity index (χ0n) is 8.30. The number of hydrogen-bond donors (Lipinski definition) is 0. The van der Waals surface area contributed by atoms with Gasteiger partial charge in [0.2, 0.25) is 0 Å². The van der Waals surface area contributed by atoms with Crippen LogP contribution < -0.4 is 0 Å². The van der Waals surface area contributed by atoms with E-state index >= 15 is 0 Å². The van der Waals surface area contributed by atoms with E-state index in [0.717, 1.165) is 0 Å². The van der Waals surface area contributed by atoms with Crippen LogP contribution in [0.25, 0.3) is 0 Å². The Morgan fingerprint density at radius 2 is 2.20 bits per heavy atom. The predicted octanol–water partition coefficient (Wildman–Crippen LogP) is 2.50. The molecular formula is C10H11NO3S. The fourth-order valence-electron chi connectivity index (χ4n) is 1.21. The Morgan fingerprint density at radius 1 is 1.53 bits per heavy atom. The first-order valence-electron chi connectivity index (χ1n) is 4.53. The van der Waals surface area contributed by atoms with Crippen molar-refractivity contribution in [3.05, 3.63) is 39.9 Å². The van der Waals surface area contributed by atoms with E-state index in [-0.39, 0.29) is 5.69 Å². The van der Waals surface area contributed by atoms with Gasteiger partial charge in [-0.1, -0.05) is 18.2 Å². The van der Waals surface area contributed by atoms with Crippen LogP contribution in [0.3, 0.4) is 0 Å². The lowest BCUT2D eigenvalue weighted by Gasteiger charge is -2.05. The Hall–Kier alpha value is -1.49. The van der Waals surface area contributed by atoms with E-state index in [9.17, 15) is 10.1 Å². The molecule has 0 aromatic heterocycles. The highest BCUT2D eigenvalue weighted by molar-refractivity contribution is 7.80. The predicted molar refractivity (Wildman–Crippen MR) is 61.0 cm³/mol. The molecule has 0 atom stereocenters. The SMILES string of the molecule is CCOC(=S)Cc1ccccc1[N+](=O)[O-]. The lowest BCUT2D eigenvalue weighted by molar-refractivity contribution is -0.385. The number of hydrogen-bond acceptors (Lipinski definition) is 4. The number of ether oxygens (including phenoxy) is 1. The van der Waals surface area contributed by atoms with Crippen LogP contribution in [-0.2, 0) is 11.2 Å². The average molecular weight is 225 g/mol. The summed E-state index contributed by atoms with van der Waals surface area (Å²) in [5.74, 6) is 0. The van der Waals surface area contributed by atoms with Crippen LogP contribution in [0.5, 0.6) is 0 Å². The third-order valence-electron chi connectivity index (χ3n) is 1.83. The summed E-state index contributed by atoms with van der Waals surface area (Å²) in [6.45, 7) is 2.31. The van der Waals surface area contributed by atoms with Crippen molar-refractivity contribution in [2.75, 3.05) is 6.61 Å². The number of nitrogens with zero attached hydrogens (tertiary/aromatic N) is 1. The van der Waals surface area contributed by atoms with Crippen LogP contribution in [0, 0.1) is 10.1 Å². The molecule has 0 amide bonds. The third kappa shape index (κ3) is 3.28. The van der Waals surface area contributed by atoms with E-state index < -0.39 is 4.92 Å². The lowest BCUT2D eigenvalue weighted by atomic mass is 10.1. The Morgan fingerprint density at radius 3 is 2.80 bits per heavy atom. The molecule has 0 heterocycles. The third-order valence-corrected chi connectivity index (χ3v) is 2.09. The standard InChI is InChI=1S/C10H11NO3S/c1-2-14-10(15)7-8-5-3-4-6-9(8)11(12)13/h3-6H,2,7H2,1H3. The molecule has 0 aliphatic rings. The number of rotatable bonds is 4. The lowest BCUT2D eigenvalue weighted by Crippen LogP contribution is -2.06. The molecule has 1 aromatic carbocycles. The monoisotopic (exact) mass is 225 g/mol. The van der Waals surface area contributed by atoms with Gasteiger partial charge in [-0.15, -0.1) is 0 Å². The van der Waals surface area contributed by atoms with Gasteiger partial charge < -0.3 is 4.74 Å². The quantitative estimate of drug-likeness (QED) is 0.449. The van der Waals surface area contributed by atoms with Crippen LogP contribution in [0.4, 0.5) is 5.69 Å². The van der Waals surface area contributed by atoms with Gasteiger partial charge in [-0.3, -0.25) is 10.1 Å². The summed E-state index contributed by atoms with van der Waals surface area (Å²) < 4.78 is 5.09. The highest BCUT2D eigenvalue weighted by atomic mass is 32.1. The maximum absolute atomic E-state index is 10.7. The maximum Gasteiger partial charge on any atom is 0.273 e. The molecule has 1 rings (SSSR count). The van der Waals surface area contributed by atoms with E-state index in [1.54, 1.807) is 18.2 Å². The Bertz CT molecular complexity index is 379. The molecule has 4 nitrogen and oxygen atoms in total. The summed E-state index contributed by atoms with van der Waals surface area (Å²) in [5, 5.41) is 11.1. The van der Waals surface area contributed by atoms with Gasteiger partial charge in [-0.05, 0) is 19.1 Å². The van der Waals surface area contributed by atoms with E-state index in [1.165, 1.54) is 6.07 Å². The van der Waals surface area contributed by atoms with Crippen molar-refractivity contribution in [2.24, 2.45) is 0 Å². The summed E-state index contributed by atoms with van der Waals surface area (Å²) >= 11 is 4.94. The van der Waals surface area contributed by atoms with Crippen molar-refractivity contribution in [2.45, 2.75) is 13.3 Å². The first-order valence-corrected chi connectivity index (χ1v) is 4.94. The highest BCUT2D eigenvalue weighted by Gasteiger charge is 2.13. The van der Waals surface area contributed by atoms with Gasteiger partial charge in [-0.25, -0.2) is 0 Å². The topological polar surface area (TPSA) is 52.4 Å². The summed E-state index contributed by atoms with van der Waals surface area (Å²) in [6, 6.07) is 6.52. The zero-order chi connectivity index (χ0) is 11.3. The minimum Gasteiger partial charge on any atom is -0.487 e. The van der Waals surface area contributed by atoms with Crippen LogP contribution >= 0.6 is 12.2 Å². The molecule has 0 N–H and O–H groups in total. The van der Waals surface area contributed by atoms with Crippen molar-refractivity contribution in [3.8, 4) is 0 Å².